The molecule has 8 heavy (non-hydrogen) atoms. The normalized spacial score (nSPS) is 38.2. The molecule has 0 aromatic heterocycles. The molecule has 1 aliphatic heterocycles. The highest BCUT2D eigenvalue weighted by Crippen LogP contribution is 2.11. The van der Waals surface area contributed by atoms with E-state index in [1.807, 2.05) is 0 Å². The monoisotopic (exact) mass is 120 g/mol. The molecular formula is C5H9FO2. The van der Waals surface area contributed by atoms with Gasteiger partial charge in [0, 0.05) is 0 Å². The van der Waals surface area contributed by atoms with E-state index in [1.54, 1.807) is 6.92 Å². The predicted octanol–water partition coefficient (Wildman–Crippen LogP) is 0.717. The lowest BCUT2D eigenvalue weighted by molar-refractivity contribution is 0.0362. The Bertz CT molecular complexity index is 76.8. The second-order valence-electron chi connectivity index (χ2n) is 1.85. The van der Waals surface area contributed by atoms with Gasteiger partial charge in [-0.3, -0.25) is 0 Å². The van der Waals surface area contributed by atoms with E-state index in [1.165, 1.54) is 0 Å². The maximum absolute atomic E-state index is 11.7. The SMILES string of the molecule is CC1OCOC1CF. The van der Waals surface area contributed by atoms with Crippen molar-refractivity contribution in [1.29, 1.82) is 0 Å². The van der Waals surface area contributed by atoms with Gasteiger partial charge in [-0.15, -0.1) is 0 Å². The van der Waals surface area contributed by atoms with E-state index in [-0.39, 0.29) is 19.0 Å². The van der Waals surface area contributed by atoms with Gasteiger partial charge in [0.05, 0.1) is 6.10 Å². The number of ether oxygens (including phenoxy) is 2. The first-order valence-electron chi connectivity index (χ1n) is 2.63. The molecule has 0 saturated carbocycles. The minimum absolute atomic E-state index is 0.0694. The summed E-state index contributed by atoms with van der Waals surface area (Å²) in [4.78, 5) is 0. The molecule has 1 rings (SSSR count). The zero-order valence-corrected chi connectivity index (χ0v) is 4.76. The summed E-state index contributed by atoms with van der Waals surface area (Å²) in [7, 11) is 0. The summed E-state index contributed by atoms with van der Waals surface area (Å²) in [6.45, 7) is 1.61. The van der Waals surface area contributed by atoms with Gasteiger partial charge in [-0.25, -0.2) is 4.39 Å². The zero-order chi connectivity index (χ0) is 5.98. The number of halogens is 1. The largest absolute Gasteiger partial charge is 0.350 e. The number of rotatable bonds is 1. The second kappa shape index (κ2) is 2.42. The highest BCUT2D eigenvalue weighted by molar-refractivity contribution is 4.67. The van der Waals surface area contributed by atoms with Crippen molar-refractivity contribution in [3.63, 3.8) is 0 Å². The van der Waals surface area contributed by atoms with Gasteiger partial charge >= 0.3 is 0 Å². The molecule has 0 bridgehead atoms. The fraction of sp³-hybridized carbons (Fsp3) is 1.00. The smallest absolute Gasteiger partial charge is 0.147 e. The Labute approximate surface area is 47.6 Å². The molecule has 3 heteroatoms. The van der Waals surface area contributed by atoms with E-state index in [0.717, 1.165) is 0 Å². The minimum Gasteiger partial charge on any atom is -0.350 e. The van der Waals surface area contributed by atoms with Crippen LogP contribution in [0.25, 0.3) is 0 Å². The van der Waals surface area contributed by atoms with Crippen LogP contribution in [-0.4, -0.2) is 25.7 Å². The summed E-state index contributed by atoms with van der Waals surface area (Å²) in [5.41, 5.74) is 0. The van der Waals surface area contributed by atoms with Crippen molar-refractivity contribution < 1.29 is 13.9 Å². The van der Waals surface area contributed by atoms with Crippen molar-refractivity contribution in [2.75, 3.05) is 13.5 Å². The van der Waals surface area contributed by atoms with Gasteiger partial charge in [0.1, 0.15) is 19.6 Å². The summed E-state index contributed by atoms with van der Waals surface area (Å²) >= 11 is 0. The summed E-state index contributed by atoms with van der Waals surface area (Å²) in [5, 5.41) is 0. The first-order valence-corrected chi connectivity index (χ1v) is 2.63. The lowest BCUT2D eigenvalue weighted by Crippen LogP contribution is -2.20. The summed E-state index contributed by atoms with van der Waals surface area (Å²) in [6, 6.07) is 0. The Kier molecular flexibility index (Phi) is 1.81. The molecule has 48 valence electrons. The molecule has 2 nitrogen and oxygen atoms in total. The van der Waals surface area contributed by atoms with E-state index in [2.05, 4.69) is 0 Å². The van der Waals surface area contributed by atoms with Gasteiger partial charge in [0.25, 0.3) is 0 Å². The Morgan fingerprint density at radius 2 is 2.38 bits per heavy atom. The van der Waals surface area contributed by atoms with Crippen molar-refractivity contribution in [2.45, 2.75) is 19.1 Å². The molecule has 0 aliphatic carbocycles. The van der Waals surface area contributed by atoms with Crippen LogP contribution < -0.4 is 0 Å². The van der Waals surface area contributed by atoms with Crippen molar-refractivity contribution in [1.82, 2.24) is 0 Å². The molecule has 0 aromatic rings. The fourth-order valence-electron chi connectivity index (χ4n) is 0.647. The van der Waals surface area contributed by atoms with Crippen molar-refractivity contribution >= 4 is 0 Å². The quantitative estimate of drug-likeness (QED) is 0.507. The van der Waals surface area contributed by atoms with Crippen LogP contribution in [0.3, 0.4) is 0 Å². The Morgan fingerprint density at radius 3 is 2.62 bits per heavy atom. The Morgan fingerprint density at radius 1 is 1.62 bits per heavy atom. The maximum Gasteiger partial charge on any atom is 0.147 e. The minimum atomic E-state index is -0.443. The summed E-state index contributed by atoms with van der Waals surface area (Å²) < 4.78 is 21.5. The molecule has 2 atom stereocenters. The molecule has 1 saturated heterocycles. The molecule has 2 unspecified atom stereocenters. The summed E-state index contributed by atoms with van der Waals surface area (Å²) in [5.74, 6) is 0. The molecule has 0 spiro atoms. The molecule has 1 heterocycles. The molecule has 0 radical (unpaired) electrons. The van der Waals surface area contributed by atoms with Crippen LogP contribution >= 0.6 is 0 Å². The third kappa shape index (κ3) is 0.980. The average molecular weight is 120 g/mol. The zero-order valence-electron chi connectivity index (χ0n) is 4.76. The van der Waals surface area contributed by atoms with Gasteiger partial charge in [-0.05, 0) is 6.92 Å². The van der Waals surface area contributed by atoms with E-state index in [4.69, 9.17) is 9.47 Å². The van der Waals surface area contributed by atoms with Gasteiger partial charge in [0.15, 0.2) is 0 Å². The Balaban J connectivity index is 2.30. The average Bonchev–Trinajstić information content (AvgIpc) is 2.14. The van der Waals surface area contributed by atoms with Gasteiger partial charge in [-0.1, -0.05) is 0 Å². The van der Waals surface area contributed by atoms with Crippen LogP contribution in [0, 0.1) is 0 Å². The first kappa shape index (κ1) is 5.98. The van der Waals surface area contributed by atoms with Gasteiger partial charge in [-0.2, -0.15) is 0 Å². The third-order valence-electron chi connectivity index (χ3n) is 1.29. The van der Waals surface area contributed by atoms with Crippen LogP contribution in [-0.2, 0) is 9.47 Å². The molecule has 1 fully saturated rings. The van der Waals surface area contributed by atoms with Gasteiger partial charge < -0.3 is 9.47 Å². The van der Waals surface area contributed by atoms with Crippen molar-refractivity contribution in [3.05, 3.63) is 0 Å². The highest BCUT2D eigenvalue weighted by atomic mass is 19.1. The van der Waals surface area contributed by atoms with Crippen LogP contribution in [0.15, 0.2) is 0 Å². The fourth-order valence-corrected chi connectivity index (χ4v) is 0.647. The topological polar surface area (TPSA) is 18.5 Å². The lowest BCUT2D eigenvalue weighted by Gasteiger charge is -2.05. The van der Waals surface area contributed by atoms with Crippen molar-refractivity contribution in [2.24, 2.45) is 0 Å². The molecule has 0 amide bonds. The number of alkyl halides is 1. The van der Waals surface area contributed by atoms with E-state index >= 15 is 0 Å². The van der Waals surface area contributed by atoms with Crippen molar-refractivity contribution in [3.8, 4) is 0 Å². The number of hydrogen-bond donors (Lipinski definition) is 0. The van der Waals surface area contributed by atoms with Crippen LogP contribution in [0.1, 0.15) is 6.92 Å². The number of hydrogen-bond acceptors (Lipinski definition) is 2. The van der Waals surface area contributed by atoms with Crippen LogP contribution in [0.4, 0.5) is 4.39 Å². The third-order valence-corrected chi connectivity index (χ3v) is 1.29. The van der Waals surface area contributed by atoms with E-state index in [0.29, 0.717) is 0 Å². The standard InChI is InChI=1S/C5H9FO2/c1-4-5(2-6)8-3-7-4/h4-5H,2-3H2,1H3. The highest BCUT2D eigenvalue weighted by Gasteiger charge is 2.24. The molecule has 1 aliphatic rings. The lowest BCUT2D eigenvalue weighted by atomic mass is 10.3. The van der Waals surface area contributed by atoms with E-state index < -0.39 is 6.67 Å². The maximum atomic E-state index is 11.7. The Hall–Kier alpha value is -0.150. The predicted molar refractivity (Wildman–Crippen MR) is 26.3 cm³/mol. The molecule has 0 N–H and O–H groups in total. The van der Waals surface area contributed by atoms with Crippen LogP contribution in [0.5, 0.6) is 0 Å². The molecular weight excluding hydrogens is 111 g/mol. The van der Waals surface area contributed by atoms with Gasteiger partial charge in [0.2, 0.25) is 0 Å². The first-order chi connectivity index (χ1) is 3.84. The summed E-state index contributed by atoms with van der Waals surface area (Å²) in [6.07, 6.45) is -0.394. The van der Waals surface area contributed by atoms with Crippen LogP contribution in [0.2, 0.25) is 0 Å². The second-order valence-corrected chi connectivity index (χ2v) is 1.85. The van der Waals surface area contributed by atoms with E-state index in [9.17, 15) is 4.39 Å². The molecule has 0 aromatic carbocycles.